The van der Waals surface area contributed by atoms with Gasteiger partial charge in [-0.05, 0) is 37.1 Å². The summed E-state index contributed by atoms with van der Waals surface area (Å²) < 4.78 is 14.1. The van der Waals surface area contributed by atoms with Crippen molar-refractivity contribution in [3.63, 3.8) is 0 Å². The third-order valence-electron chi connectivity index (χ3n) is 3.16. The molecule has 0 saturated heterocycles. The number of rotatable bonds is 4. The van der Waals surface area contributed by atoms with Crippen molar-refractivity contribution in [2.24, 2.45) is 0 Å². The minimum Gasteiger partial charge on any atom is -0.370 e. The van der Waals surface area contributed by atoms with Gasteiger partial charge in [-0.25, -0.2) is 4.39 Å². The second-order valence-corrected chi connectivity index (χ2v) is 4.20. The molecular formula is C16H18FN. The first-order valence-electron chi connectivity index (χ1n) is 6.36. The molecule has 0 aromatic heterocycles. The van der Waals surface area contributed by atoms with Crippen LogP contribution in [-0.4, -0.2) is 13.1 Å². The Balaban J connectivity index is 2.36. The van der Waals surface area contributed by atoms with E-state index in [0.717, 1.165) is 24.2 Å². The fourth-order valence-electron chi connectivity index (χ4n) is 2.14. The van der Waals surface area contributed by atoms with E-state index >= 15 is 0 Å². The normalized spacial score (nSPS) is 10.4. The highest BCUT2D eigenvalue weighted by molar-refractivity contribution is 5.66. The van der Waals surface area contributed by atoms with Crippen molar-refractivity contribution in [2.75, 3.05) is 18.0 Å². The molecule has 0 unspecified atom stereocenters. The lowest BCUT2D eigenvalue weighted by atomic mass is 10.0. The Bertz CT molecular complexity index is 504. The lowest BCUT2D eigenvalue weighted by Gasteiger charge is -2.21. The molecular weight excluding hydrogens is 225 g/mol. The van der Waals surface area contributed by atoms with Crippen LogP contribution in [0.25, 0.3) is 11.1 Å². The molecule has 0 aliphatic carbocycles. The molecule has 94 valence electrons. The second kappa shape index (κ2) is 5.67. The molecule has 2 aromatic carbocycles. The summed E-state index contributed by atoms with van der Waals surface area (Å²) in [4.78, 5) is 2.02. The van der Waals surface area contributed by atoms with Crippen LogP contribution in [0.2, 0.25) is 0 Å². The molecule has 0 radical (unpaired) electrons. The lowest BCUT2D eigenvalue weighted by Crippen LogP contribution is -2.22. The van der Waals surface area contributed by atoms with Crippen LogP contribution >= 0.6 is 0 Å². The number of benzene rings is 2. The van der Waals surface area contributed by atoms with Gasteiger partial charge < -0.3 is 4.90 Å². The van der Waals surface area contributed by atoms with E-state index < -0.39 is 0 Å². The maximum Gasteiger partial charge on any atom is 0.147 e. The fraction of sp³-hybridized carbons (Fsp3) is 0.250. The molecule has 0 N–H and O–H groups in total. The molecule has 0 atom stereocenters. The summed E-state index contributed by atoms with van der Waals surface area (Å²) in [7, 11) is 0. The highest BCUT2D eigenvalue weighted by atomic mass is 19.1. The van der Waals surface area contributed by atoms with Gasteiger partial charge in [0.05, 0.1) is 5.69 Å². The van der Waals surface area contributed by atoms with Gasteiger partial charge >= 0.3 is 0 Å². The standard InChI is InChI=1S/C16H18FN/c1-3-18(4-2)16-11-10-14(12-15(16)17)13-8-6-5-7-9-13/h5-12H,3-4H2,1-2H3. The van der Waals surface area contributed by atoms with Crippen LogP contribution in [0.4, 0.5) is 10.1 Å². The van der Waals surface area contributed by atoms with E-state index in [0.29, 0.717) is 5.69 Å². The smallest absolute Gasteiger partial charge is 0.147 e. The number of hydrogen-bond acceptors (Lipinski definition) is 1. The number of anilines is 1. The van der Waals surface area contributed by atoms with Gasteiger partial charge in [0.15, 0.2) is 0 Å². The van der Waals surface area contributed by atoms with Gasteiger partial charge in [-0.3, -0.25) is 0 Å². The van der Waals surface area contributed by atoms with Crippen LogP contribution in [0.3, 0.4) is 0 Å². The van der Waals surface area contributed by atoms with Crippen molar-refractivity contribution in [1.82, 2.24) is 0 Å². The lowest BCUT2D eigenvalue weighted by molar-refractivity contribution is 0.620. The Morgan fingerprint density at radius 3 is 2.11 bits per heavy atom. The average molecular weight is 243 g/mol. The van der Waals surface area contributed by atoms with Crippen molar-refractivity contribution in [2.45, 2.75) is 13.8 Å². The van der Waals surface area contributed by atoms with Gasteiger partial charge in [0, 0.05) is 13.1 Å². The molecule has 0 saturated carbocycles. The van der Waals surface area contributed by atoms with Crippen molar-refractivity contribution < 1.29 is 4.39 Å². The van der Waals surface area contributed by atoms with Gasteiger partial charge in [-0.15, -0.1) is 0 Å². The molecule has 0 bridgehead atoms. The largest absolute Gasteiger partial charge is 0.370 e. The quantitative estimate of drug-likeness (QED) is 0.772. The van der Waals surface area contributed by atoms with Crippen LogP contribution < -0.4 is 4.90 Å². The second-order valence-electron chi connectivity index (χ2n) is 4.20. The van der Waals surface area contributed by atoms with Gasteiger partial charge in [0.1, 0.15) is 5.82 Å². The molecule has 2 rings (SSSR count). The van der Waals surface area contributed by atoms with Crippen LogP contribution in [0.5, 0.6) is 0 Å². The third kappa shape index (κ3) is 2.53. The van der Waals surface area contributed by atoms with E-state index in [4.69, 9.17) is 0 Å². The van der Waals surface area contributed by atoms with Crippen molar-refractivity contribution in [3.05, 3.63) is 54.3 Å². The summed E-state index contributed by atoms with van der Waals surface area (Å²) in [5.41, 5.74) is 2.64. The van der Waals surface area contributed by atoms with Gasteiger partial charge in [-0.2, -0.15) is 0 Å². The third-order valence-corrected chi connectivity index (χ3v) is 3.16. The zero-order valence-corrected chi connectivity index (χ0v) is 10.9. The molecule has 0 heterocycles. The van der Waals surface area contributed by atoms with Gasteiger partial charge in [0.25, 0.3) is 0 Å². The molecule has 0 aliphatic heterocycles. The monoisotopic (exact) mass is 243 g/mol. The number of halogens is 1. The van der Waals surface area contributed by atoms with Crippen molar-refractivity contribution in [3.8, 4) is 11.1 Å². The zero-order valence-electron chi connectivity index (χ0n) is 10.9. The van der Waals surface area contributed by atoms with E-state index in [9.17, 15) is 4.39 Å². The van der Waals surface area contributed by atoms with E-state index in [1.54, 1.807) is 6.07 Å². The maximum atomic E-state index is 14.1. The Hall–Kier alpha value is -1.83. The minimum absolute atomic E-state index is 0.153. The SMILES string of the molecule is CCN(CC)c1ccc(-c2ccccc2)cc1F. The van der Waals surface area contributed by atoms with Crippen LogP contribution in [0, 0.1) is 5.82 Å². The Kier molecular flexibility index (Phi) is 3.98. The summed E-state index contributed by atoms with van der Waals surface area (Å²) in [5, 5.41) is 0. The Labute approximate surface area is 108 Å². The number of hydrogen-bond donors (Lipinski definition) is 0. The van der Waals surface area contributed by atoms with Gasteiger partial charge in [-0.1, -0.05) is 36.4 Å². The predicted molar refractivity (Wildman–Crippen MR) is 75.4 cm³/mol. The number of nitrogens with zero attached hydrogens (tertiary/aromatic N) is 1. The molecule has 2 aromatic rings. The van der Waals surface area contributed by atoms with E-state index in [-0.39, 0.29) is 5.82 Å². The van der Waals surface area contributed by atoms with E-state index in [2.05, 4.69) is 0 Å². The summed E-state index contributed by atoms with van der Waals surface area (Å²) in [5.74, 6) is -0.153. The molecule has 18 heavy (non-hydrogen) atoms. The van der Waals surface area contributed by atoms with Gasteiger partial charge in [0.2, 0.25) is 0 Å². The molecule has 0 spiro atoms. The summed E-state index contributed by atoms with van der Waals surface area (Å²) >= 11 is 0. The fourth-order valence-corrected chi connectivity index (χ4v) is 2.14. The van der Waals surface area contributed by atoms with E-state index in [1.807, 2.05) is 61.2 Å². The minimum atomic E-state index is -0.153. The van der Waals surface area contributed by atoms with Crippen molar-refractivity contribution >= 4 is 5.69 Å². The highest BCUT2D eigenvalue weighted by Crippen LogP contribution is 2.26. The maximum absolute atomic E-state index is 14.1. The van der Waals surface area contributed by atoms with E-state index in [1.165, 1.54) is 0 Å². The van der Waals surface area contributed by atoms with Crippen LogP contribution in [0.15, 0.2) is 48.5 Å². The summed E-state index contributed by atoms with van der Waals surface area (Å²) in [6.45, 7) is 5.71. The summed E-state index contributed by atoms with van der Waals surface area (Å²) in [6, 6.07) is 15.3. The Morgan fingerprint density at radius 2 is 1.56 bits per heavy atom. The first kappa shape index (κ1) is 12.6. The molecule has 1 nitrogen and oxygen atoms in total. The predicted octanol–water partition coefficient (Wildman–Crippen LogP) is 4.34. The summed E-state index contributed by atoms with van der Waals surface area (Å²) in [6.07, 6.45) is 0. The van der Waals surface area contributed by atoms with Crippen LogP contribution in [-0.2, 0) is 0 Å². The first-order valence-corrected chi connectivity index (χ1v) is 6.36. The topological polar surface area (TPSA) is 3.24 Å². The molecule has 0 aliphatic rings. The Morgan fingerprint density at radius 1 is 0.889 bits per heavy atom. The highest BCUT2D eigenvalue weighted by Gasteiger charge is 2.09. The molecule has 2 heteroatoms. The zero-order chi connectivity index (χ0) is 13.0. The van der Waals surface area contributed by atoms with Crippen LogP contribution in [0.1, 0.15) is 13.8 Å². The van der Waals surface area contributed by atoms with Crippen molar-refractivity contribution in [1.29, 1.82) is 0 Å². The molecule has 0 fully saturated rings. The molecule has 0 amide bonds. The average Bonchev–Trinajstić information content (AvgIpc) is 2.43. The first-order chi connectivity index (χ1) is 8.76.